The van der Waals surface area contributed by atoms with Crippen LogP contribution in [0.1, 0.15) is 61.3 Å². The second kappa shape index (κ2) is 9.13. The molecule has 5 nitrogen and oxygen atoms in total. The molecule has 1 aromatic carbocycles. The number of carbonyl (C=O) groups excluding carboxylic acids is 1. The molecule has 0 radical (unpaired) electrons. The highest BCUT2D eigenvalue weighted by Crippen LogP contribution is 2.26. The van der Waals surface area contributed by atoms with Crippen molar-refractivity contribution in [3.05, 3.63) is 47.0 Å². The smallest absolute Gasteiger partial charge is 0.272 e. The number of aromatic nitrogens is 2. The summed E-state index contributed by atoms with van der Waals surface area (Å²) >= 11 is 0. The maximum absolute atomic E-state index is 13.3. The first-order valence-corrected chi connectivity index (χ1v) is 9.83. The minimum Gasteiger partial charge on any atom is -0.379 e. The van der Waals surface area contributed by atoms with E-state index in [4.69, 9.17) is 4.74 Å². The number of carbonyl (C=O) groups is 1. The number of nitrogens with zero attached hydrogens (tertiary/aromatic N) is 2. The van der Waals surface area contributed by atoms with Crippen LogP contribution in [0, 0.1) is 5.82 Å². The molecular weight excluding hydrogens is 345 g/mol. The molecule has 1 heterocycles. The van der Waals surface area contributed by atoms with Gasteiger partial charge in [0.2, 0.25) is 0 Å². The fraction of sp³-hybridized carbons (Fsp3) is 0.524. The molecule has 0 saturated heterocycles. The second-order valence-electron chi connectivity index (χ2n) is 7.25. The summed E-state index contributed by atoms with van der Waals surface area (Å²) in [7, 11) is 0. The van der Waals surface area contributed by atoms with Gasteiger partial charge in [0.25, 0.3) is 5.91 Å². The number of hydrogen-bond donors (Lipinski definition) is 1. The Morgan fingerprint density at radius 3 is 2.70 bits per heavy atom. The summed E-state index contributed by atoms with van der Waals surface area (Å²) in [4.78, 5) is 12.7. The van der Waals surface area contributed by atoms with E-state index in [1.807, 2.05) is 18.5 Å². The number of ether oxygens (including phenoxy) is 1. The van der Waals surface area contributed by atoms with Crippen molar-refractivity contribution in [1.82, 2.24) is 15.1 Å². The van der Waals surface area contributed by atoms with Crippen molar-refractivity contribution in [1.29, 1.82) is 0 Å². The van der Waals surface area contributed by atoms with Crippen LogP contribution in [0.3, 0.4) is 0 Å². The number of halogens is 1. The van der Waals surface area contributed by atoms with Crippen LogP contribution in [0.15, 0.2) is 24.3 Å². The molecule has 1 N–H and O–H groups in total. The van der Waals surface area contributed by atoms with E-state index in [0.29, 0.717) is 18.8 Å². The van der Waals surface area contributed by atoms with Crippen LogP contribution in [0.5, 0.6) is 0 Å². The van der Waals surface area contributed by atoms with Crippen molar-refractivity contribution < 1.29 is 13.9 Å². The van der Waals surface area contributed by atoms with Crippen LogP contribution in [0.25, 0.3) is 5.69 Å². The molecule has 1 amide bonds. The molecule has 1 aliphatic rings. The fourth-order valence-corrected chi connectivity index (χ4v) is 3.43. The summed E-state index contributed by atoms with van der Waals surface area (Å²) in [6, 6.07) is 6.26. The van der Waals surface area contributed by atoms with E-state index < -0.39 is 0 Å². The van der Waals surface area contributed by atoms with Gasteiger partial charge in [0.05, 0.1) is 11.8 Å². The first-order valence-electron chi connectivity index (χ1n) is 9.83. The molecule has 0 aliphatic heterocycles. The minimum absolute atomic E-state index is 0.140. The molecular formula is C21H28FN3O2. The number of hydrogen-bond acceptors (Lipinski definition) is 3. The monoisotopic (exact) mass is 373 g/mol. The Morgan fingerprint density at radius 1 is 1.22 bits per heavy atom. The van der Waals surface area contributed by atoms with Crippen LogP contribution in [0.2, 0.25) is 0 Å². The lowest BCUT2D eigenvalue weighted by Gasteiger charge is -2.08. The van der Waals surface area contributed by atoms with Gasteiger partial charge >= 0.3 is 0 Å². The highest BCUT2D eigenvalue weighted by Gasteiger charge is 2.24. The molecule has 0 unspecified atom stereocenters. The number of nitrogens with one attached hydrogen (secondary N) is 1. The summed E-state index contributed by atoms with van der Waals surface area (Å²) in [5.41, 5.74) is 3.40. The molecule has 0 fully saturated rings. The van der Waals surface area contributed by atoms with E-state index in [9.17, 15) is 9.18 Å². The molecule has 3 rings (SSSR count). The zero-order chi connectivity index (χ0) is 19.2. The summed E-state index contributed by atoms with van der Waals surface area (Å²) in [5.74, 6) is -0.419. The SMILES string of the molecule is CC(C)OCCCNC(=O)c1nn(-c2ccc(F)cc2)c2c1CCCCC2. The van der Waals surface area contributed by atoms with Crippen molar-refractivity contribution in [3.63, 3.8) is 0 Å². The van der Waals surface area contributed by atoms with E-state index in [2.05, 4.69) is 10.4 Å². The van der Waals surface area contributed by atoms with Crippen molar-refractivity contribution in [2.24, 2.45) is 0 Å². The molecule has 0 saturated carbocycles. The predicted octanol–water partition coefficient (Wildman–Crippen LogP) is 3.83. The lowest BCUT2D eigenvalue weighted by molar-refractivity contribution is 0.0756. The Kier molecular flexibility index (Phi) is 6.61. The summed E-state index contributed by atoms with van der Waals surface area (Å²) < 4.78 is 20.6. The van der Waals surface area contributed by atoms with E-state index in [0.717, 1.165) is 55.5 Å². The first kappa shape index (κ1) is 19.5. The van der Waals surface area contributed by atoms with Crippen molar-refractivity contribution in [2.45, 2.75) is 58.5 Å². The van der Waals surface area contributed by atoms with E-state index in [1.165, 1.54) is 12.1 Å². The molecule has 6 heteroatoms. The van der Waals surface area contributed by atoms with Crippen LogP contribution in [-0.4, -0.2) is 34.9 Å². The number of fused-ring (bicyclic) bond motifs is 1. The van der Waals surface area contributed by atoms with Gasteiger partial charge in [-0.2, -0.15) is 5.10 Å². The van der Waals surface area contributed by atoms with Crippen molar-refractivity contribution in [2.75, 3.05) is 13.2 Å². The third kappa shape index (κ3) is 4.95. The molecule has 2 aromatic rings. The number of benzene rings is 1. The highest BCUT2D eigenvalue weighted by molar-refractivity contribution is 5.94. The van der Waals surface area contributed by atoms with Gasteiger partial charge < -0.3 is 10.1 Å². The lowest BCUT2D eigenvalue weighted by atomic mass is 10.1. The van der Waals surface area contributed by atoms with Crippen LogP contribution < -0.4 is 5.32 Å². The zero-order valence-electron chi connectivity index (χ0n) is 16.1. The Morgan fingerprint density at radius 2 is 1.96 bits per heavy atom. The van der Waals surface area contributed by atoms with Gasteiger partial charge in [0, 0.05) is 24.4 Å². The maximum atomic E-state index is 13.3. The number of amides is 1. The van der Waals surface area contributed by atoms with Gasteiger partial charge in [0.1, 0.15) is 5.82 Å². The van der Waals surface area contributed by atoms with Crippen LogP contribution >= 0.6 is 0 Å². The fourth-order valence-electron chi connectivity index (χ4n) is 3.43. The van der Waals surface area contributed by atoms with Gasteiger partial charge in [0.15, 0.2) is 5.69 Å². The zero-order valence-corrected chi connectivity index (χ0v) is 16.1. The van der Waals surface area contributed by atoms with Gasteiger partial charge in [-0.25, -0.2) is 9.07 Å². The average molecular weight is 373 g/mol. The molecule has 27 heavy (non-hydrogen) atoms. The minimum atomic E-state index is -0.279. The largest absolute Gasteiger partial charge is 0.379 e. The Hall–Kier alpha value is -2.21. The standard InChI is InChI=1S/C21H28FN3O2/c1-15(2)27-14-6-13-23-21(26)20-18-7-4-3-5-8-19(18)25(24-20)17-11-9-16(22)10-12-17/h9-12,15H,3-8,13-14H2,1-2H3,(H,23,26). The van der Waals surface area contributed by atoms with E-state index >= 15 is 0 Å². The highest BCUT2D eigenvalue weighted by atomic mass is 19.1. The Balaban J connectivity index is 1.78. The van der Waals surface area contributed by atoms with Gasteiger partial charge in [-0.15, -0.1) is 0 Å². The molecule has 0 bridgehead atoms. The summed E-state index contributed by atoms with van der Waals surface area (Å²) in [6.07, 6.45) is 5.99. The third-order valence-corrected chi connectivity index (χ3v) is 4.77. The second-order valence-corrected chi connectivity index (χ2v) is 7.25. The normalized spacial score (nSPS) is 14.1. The molecule has 0 atom stereocenters. The quantitative estimate of drug-likeness (QED) is 0.593. The molecule has 146 valence electrons. The van der Waals surface area contributed by atoms with E-state index in [-0.39, 0.29) is 17.8 Å². The molecule has 1 aromatic heterocycles. The number of rotatable bonds is 7. The molecule has 0 spiro atoms. The Bertz CT molecular complexity index is 768. The van der Waals surface area contributed by atoms with Crippen LogP contribution in [-0.2, 0) is 17.6 Å². The third-order valence-electron chi connectivity index (χ3n) is 4.77. The predicted molar refractivity (Wildman–Crippen MR) is 103 cm³/mol. The van der Waals surface area contributed by atoms with Gasteiger partial charge in [-0.1, -0.05) is 6.42 Å². The summed E-state index contributed by atoms with van der Waals surface area (Å²) in [5, 5.41) is 7.57. The van der Waals surface area contributed by atoms with Gasteiger partial charge in [-0.05, 0) is 70.2 Å². The van der Waals surface area contributed by atoms with E-state index in [1.54, 1.807) is 12.1 Å². The first-order chi connectivity index (χ1) is 13.1. The van der Waals surface area contributed by atoms with Gasteiger partial charge in [-0.3, -0.25) is 4.79 Å². The van der Waals surface area contributed by atoms with Crippen molar-refractivity contribution >= 4 is 5.91 Å². The maximum Gasteiger partial charge on any atom is 0.272 e. The lowest BCUT2D eigenvalue weighted by Crippen LogP contribution is -2.27. The molecule has 1 aliphatic carbocycles. The average Bonchev–Trinajstić information content (AvgIpc) is 2.83. The Labute approximate surface area is 159 Å². The van der Waals surface area contributed by atoms with Crippen molar-refractivity contribution in [3.8, 4) is 5.69 Å². The van der Waals surface area contributed by atoms with Crippen LogP contribution in [0.4, 0.5) is 4.39 Å². The topological polar surface area (TPSA) is 56.1 Å². The summed E-state index contributed by atoms with van der Waals surface area (Å²) in [6.45, 7) is 5.18.